The molecule has 0 aliphatic rings. The second kappa shape index (κ2) is 19.5. The summed E-state index contributed by atoms with van der Waals surface area (Å²) in [5.41, 5.74) is 0. The van der Waals surface area contributed by atoms with E-state index < -0.39 is 0 Å². The van der Waals surface area contributed by atoms with Gasteiger partial charge >= 0.3 is 5.97 Å². The predicted octanol–water partition coefficient (Wildman–Crippen LogP) is 7.61. The van der Waals surface area contributed by atoms with Crippen molar-refractivity contribution in [3.8, 4) is 0 Å². The van der Waals surface area contributed by atoms with Gasteiger partial charge in [-0.3, -0.25) is 4.79 Å². The van der Waals surface area contributed by atoms with Crippen molar-refractivity contribution >= 4 is 5.97 Å². The molecule has 0 aromatic heterocycles. The Morgan fingerprint density at radius 1 is 0.760 bits per heavy atom. The summed E-state index contributed by atoms with van der Waals surface area (Å²) in [6.45, 7) is 6.96. The van der Waals surface area contributed by atoms with Gasteiger partial charge in [0.2, 0.25) is 0 Å². The molecule has 0 aromatic carbocycles. The lowest BCUT2D eigenvalue weighted by molar-refractivity contribution is -0.144. The molecule has 0 saturated heterocycles. The third-order valence-electron chi connectivity index (χ3n) is 4.49. The summed E-state index contributed by atoms with van der Waals surface area (Å²) in [5.74, 6) is 0.351. The lowest BCUT2D eigenvalue weighted by Crippen LogP contribution is -2.08. The molecule has 0 rings (SSSR count). The lowest BCUT2D eigenvalue weighted by atomic mass is 10.1. The summed E-state index contributed by atoms with van der Waals surface area (Å²) >= 11 is 0. The number of unbranched alkanes of at least 4 members (excludes halogenated alkanes) is 12. The fourth-order valence-electron chi connectivity index (χ4n) is 2.93. The molecule has 2 heteroatoms. The molecule has 0 spiro atoms. The minimum atomic E-state index is -0.0427. The van der Waals surface area contributed by atoms with Gasteiger partial charge in [0.1, 0.15) is 0 Å². The Kier molecular flexibility index (Phi) is 18.9. The number of hydrogen-bond acceptors (Lipinski definition) is 2. The highest BCUT2D eigenvalue weighted by atomic mass is 16.5. The molecule has 0 unspecified atom stereocenters. The maximum atomic E-state index is 11.4. The Morgan fingerprint density at radius 3 is 1.76 bits per heavy atom. The molecule has 0 saturated carbocycles. The van der Waals surface area contributed by atoms with Crippen LogP contribution in [0, 0.1) is 5.92 Å². The topological polar surface area (TPSA) is 26.3 Å². The second-order valence-electron chi connectivity index (χ2n) is 7.76. The zero-order valence-corrected chi connectivity index (χ0v) is 17.4. The molecular weight excluding hydrogens is 308 g/mol. The molecule has 0 radical (unpaired) electrons. The Bertz CT molecular complexity index is 307. The molecule has 0 heterocycles. The van der Waals surface area contributed by atoms with Crippen LogP contribution in [0.5, 0.6) is 0 Å². The highest BCUT2D eigenvalue weighted by Gasteiger charge is 2.04. The summed E-state index contributed by atoms with van der Waals surface area (Å²) in [5, 5.41) is 0. The van der Waals surface area contributed by atoms with E-state index in [1.807, 2.05) is 13.8 Å². The first kappa shape index (κ1) is 24.2. The van der Waals surface area contributed by atoms with E-state index in [0.717, 1.165) is 6.42 Å². The van der Waals surface area contributed by atoms with Gasteiger partial charge in [0.25, 0.3) is 0 Å². The van der Waals surface area contributed by atoms with Gasteiger partial charge in [-0.1, -0.05) is 90.7 Å². The van der Waals surface area contributed by atoms with Crippen LogP contribution in [-0.4, -0.2) is 12.6 Å². The molecule has 0 N–H and O–H groups in total. The summed E-state index contributed by atoms with van der Waals surface area (Å²) in [7, 11) is 0. The van der Waals surface area contributed by atoms with E-state index >= 15 is 0 Å². The van der Waals surface area contributed by atoms with Crippen LogP contribution in [0.15, 0.2) is 12.2 Å². The number of hydrogen-bond donors (Lipinski definition) is 0. The molecule has 0 amide bonds. The van der Waals surface area contributed by atoms with E-state index in [9.17, 15) is 4.79 Å². The summed E-state index contributed by atoms with van der Waals surface area (Å²) in [4.78, 5) is 11.4. The quantitative estimate of drug-likeness (QED) is 0.144. The maximum absolute atomic E-state index is 11.4. The number of carbonyl (C=O) groups is 1. The fourth-order valence-corrected chi connectivity index (χ4v) is 2.93. The van der Waals surface area contributed by atoms with Crippen molar-refractivity contribution in [1.82, 2.24) is 0 Å². The molecule has 0 aliphatic heterocycles. The zero-order valence-electron chi connectivity index (χ0n) is 17.4. The molecule has 0 atom stereocenters. The van der Waals surface area contributed by atoms with Gasteiger partial charge in [-0.2, -0.15) is 0 Å². The van der Waals surface area contributed by atoms with Crippen LogP contribution in [-0.2, 0) is 9.53 Å². The van der Waals surface area contributed by atoms with Crippen molar-refractivity contribution in [2.45, 2.75) is 117 Å². The standard InChI is InChI=1S/C23H44O2/c1-4-5-6-7-8-9-10-11-12-13-14-15-16-17-18-19-20-25-23(24)21-22(2)3/h13-14,22H,4-12,15-21H2,1-3H3/b14-13-. The van der Waals surface area contributed by atoms with E-state index in [2.05, 4.69) is 19.1 Å². The molecule has 0 aromatic rings. The Balaban J connectivity index is 3.17. The molecule has 0 fully saturated rings. The van der Waals surface area contributed by atoms with Gasteiger partial charge in [-0.15, -0.1) is 0 Å². The van der Waals surface area contributed by atoms with E-state index in [-0.39, 0.29) is 5.97 Å². The smallest absolute Gasteiger partial charge is 0.306 e. The minimum Gasteiger partial charge on any atom is -0.466 e. The zero-order chi connectivity index (χ0) is 18.6. The van der Waals surface area contributed by atoms with Crippen LogP contribution in [0.3, 0.4) is 0 Å². The number of rotatable bonds is 18. The van der Waals surface area contributed by atoms with Crippen LogP contribution >= 0.6 is 0 Å². The van der Waals surface area contributed by atoms with Crippen LogP contribution < -0.4 is 0 Å². The number of allylic oxidation sites excluding steroid dienone is 2. The normalized spacial score (nSPS) is 11.5. The van der Waals surface area contributed by atoms with Crippen molar-refractivity contribution in [3.05, 3.63) is 12.2 Å². The Morgan fingerprint density at radius 2 is 1.24 bits per heavy atom. The average molecular weight is 353 g/mol. The Hall–Kier alpha value is -0.790. The highest BCUT2D eigenvalue weighted by molar-refractivity contribution is 5.69. The fraction of sp³-hybridized carbons (Fsp3) is 0.870. The Labute approximate surface area is 157 Å². The van der Waals surface area contributed by atoms with Gasteiger partial charge in [0, 0.05) is 6.42 Å². The van der Waals surface area contributed by atoms with Crippen molar-refractivity contribution in [2.24, 2.45) is 5.92 Å². The van der Waals surface area contributed by atoms with E-state index in [1.165, 1.54) is 83.5 Å². The first-order chi connectivity index (χ1) is 12.2. The van der Waals surface area contributed by atoms with Gasteiger partial charge in [-0.05, 0) is 38.0 Å². The summed E-state index contributed by atoms with van der Waals surface area (Å²) in [6, 6.07) is 0. The van der Waals surface area contributed by atoms with Gasteiger partial charge in [-0.25, -0.2) is 0 Å². The van der Waals surface area contributed by atoms with E-state index in [0.29, 0.717) is 18.9 Å². The molecular formula is C23H44O2. The van der Waals surface area contributed by atoms with Crippen LogP contribution in [0.25, 0.3) is 0 Å². The molecule has 2 nitrogen and oxygen atoms in total. The lowest BCUT2D eigenvalue weighted by Gasteiger charge is -2.06. The minimum absolute atomic E-state index is 0.0427. The number of esters is 1. The van der Waals surface area contributed by atoms with Crippen molar-refractivity contribution < 1.29 is 9.53 Å². The second-order valence-corrected chi connectivity index (χ2v) is 7.76. The van der Waals surface area contributed by atoms with Crippen LogP contribution in [0.1, 0.15) is 117 Å². The molecule has 0 bridgehead atoms. The summed E-state index contributed by atoms with van der Waals surface area (Å²) in [6.07, 6.45) is 23.6. The van der Waals surface area contributed by atoms with Crippen molar-refractivity contribution in [2.75, 3.05) is 6.61 Å². The van der Waals surface area contributed by atoms with E-state index in [1.54, 1.807) is 0 Å². The van der Waals surface area contributed by atoms with Crippen LogP contribution in [0.4, 0.5) is 0 Å². The predicted molar refractivity (Wildman–Crippen MR) is 110 cm³/mol. The molecule has 25 heavy (non-hydrogen) atoms. The molecule has 148 valence electrons. The maximum Gasteiger partial charge on any atom is 0.306 e. The van der Waals surface area contributed by atoms with Gasteiger partial charge in [0.15, 0.2) is 0 Å². The summed E-state index contributed by atoms with van der Waals surface area (Å²) < 4.78 is 5.22. The molecule has 0 aliphatic carbocycles. The van der Waals surface area contributed by atoms with Crippen LogP contribution in [0.2, 0.25) is 0 Å². The van der Waals surface area contributed by atoms with Crippen molar-refractivity contribution in [1.29, 1.82) is 0 Å². The van der Waals surface area contributed by atoms with E-state index in [4.69, 9.17) is 4.74 Å². The SMILES string of the molecule is CCCCCCCCCC/C=C\CCCCCCOC(=O)CC(C)C. The van der Waals surface area contributed by atoms with Crippen molar-refractivity contribution in [3.63, 3.8) is 0 Å². The number of carbonyl (C=O) groups excluding carboxylic acids is 1. The van der Waals surface area contributed by atoms with Gasteiger partial charge in [0.05, 0.1) is 6.61 Å². The monoisotopic (exact) mass is 352 g/mol. The van der Waals surface area contributed by atoms with Gasteiger partial charge < -0.3 is 4.74 Å². The third-order valence-corrected chi connectivity index (χ3v) is 4.49. The highest BCUT2D eigenvalue weighted by Crippen LogP contribution is 2.10. The first-order valence-corrected chi connectivity index (χ1v) is 11.0. The average Bonchev–Trinajstić information content (AvgIpc) is 2.57. The third kappa shape index (κ3) is 21.2. The number of ether oxygens (including phenoxy) is 1. The largest absolute Gasteiger partial charge is 0.466 e. The first-order valence-electron chi connectivity index (χ1n) is 11.0.